The molecule has 3 heterocycles. The second kappa shape index (κ2) is 21.7. The average molecular weight is 1220 g/mol. The fourth-order valence-electron chi connectivity index (χ4n) is 15.0. The van der Waals surface area contributed by atoms with Gasteiger partial charge in [-0.1, -0.05) is 235 Å². The van der Waals surface area contributed by atoms with E-state index in [0.717, 1.165) is 23.5 Å². The Bertz CT molecular complexity index is 5560. The van der Waals surface area contributed by atoms with Gasteiger partial charge in [-0.3, -0.25) is 0 Å². The molecule has 3 nitrogen and oxygen atoms in total. The lowest BCUT2D eigenvalue weighted by molar-refractivity contribution is 0.507. The second-order valence-electron chi connectivity index (χ2n) is 30.2. The maximum Gasteiger partial charge on any atom is 0.0541 e. The third-order valence-corrected chi connectivity index (χ3v) is 20.9. The van der Waals surface area contributed by atoms with E-state index in [0.29, 0.717) is 0 Å². The predicted molar refractivity (Wildman–Crippen MR) is 406 cm³/mol. The highest BCUT2D eigenvalue weighted by Gasteiger charge is 2.26. The van der Waals surface area contributed by atoms with Gasteiger partial charge < -0.3 is 13.7 Å². The largest absolute Gasteiger partial charge is 0.309 e. The van der Waals surface area contributed by atoms with Crippen LogP contribution in [0.2, 0.25) is 0 Å². The summed E-state index contributed by atoms with van der Waals surface area (Å²) < 4.78 is 7.41. The van der Waals surface area contributed by atoms with E-state index in [-0.39, 0.29) is 21.7 Å². The van der Waals surface area contributed by atoms with E-state index >= 15 is 0 Å². The van der Waals surface area contributed by atoms with Crippen LogP contribution in [0.25, 0.3) is 149 Å². The summed E-state index contributed by atoms with van der Waals surface area (Å²) in [5, 5.41) is 12.6. The third kappa shape index (κ3) is 9.68. The molecule has 0 unspecified atom stereocenters. The lowest BCUT2D eigenvalue weighted by atomic mass is 9.81. The van der Waals surface area contributed by atoms with Gasteiger partial charge in [-0.05, 0) is 226 Å². The van der Waals surface area contributed by atoms with Crippen molar-refractivity contribution < 1.29 is 0 Å². The van der Waals surface area contributed by atoms with E-state index < -0.39 is 0 Å². The molecule has 0 aliphatic rings. The summed E-state index contributed by atoms with van der Waals surface area (Å²) in [6.45, 7) is 27.8. The van der Waals surface area contributed by atoms with Gasteiger partial charge in [0.15, 0.2) is 0 Å². The number of aromatic nitrogens is 3. The van der Waals surface area contributed by atoms with Gasteiger partial charge in [-0.2, -0.15) is 0 Å². The molecule has 0 bridgehead atoms. The first-order valence-electron chi connectivity index (χ1n) is 33.8. The molecule has 94 heavy (non-hydrogen) atoms. The van der Waals surface area contributed by atoms with Crippen LogP contribution in [0.15, 0.2) is 261 Å². The number of nitrogens with zero attached hydrogens (tertiary/aromatic N) is 3. The van der Waals surface area contributed by atoms with Crippen molar-refractivity contribution in [3.05, 3.63) is 283 Å². The monoisotopic (exact) mass is 1220 g/mol. The van der Waals surface area contributed by atoms with Gasteiger partial charge in [0.2, 0.25) is 0 Å². The Labute approximate surface area is 553 Å². The number of rotatable bonds is 9. The van der Waals surface area contributed by atoms with Gasteiger partial charge >= 0.3 is 0 Å². The molecule has 3 aromatic heterocycles. The van der Waals surface area contributed by atoms with Crippen molar-refractivity contribution in [2.45, 2.75) is 111 Å². The maximum atomic E-state index is 2.47. The average Bonchev–Trinajstić information content (AvgIpc) is 0.980. The molecule has 3 heteroatoms. The zero-order valence-electron chi connectivity index (χ0n) is 56.4. The smallest absolute Gasteiger partial charge is 0.0541 e. The summed E-state index contributed by atoms with van der Waals surface area (Å²) in [7, 11) is 0. The molecule has 0 saturated carbocycles. The molecule has 0 N–H and O–H groups in total. The van der Waals surface area contributed by atoms with E-state index in [4.69, 9.17) is 0 Å². The summed E-state index contributed by atoms with van der Waals surface area (Å²) in [6.07, 6.45) is 1.07. The first kappa shape index (κ1) is 58.8. The number of hydrogen-bond acceptors (Lipinski definition) is 0. The van der Waals surface area contributed by atoms with Crippen LogP contribution < -0.4 is 0 Å². The van der Waals surface area contributed by atoms with Crippen LogP contribution in [-0.4, -0.2) is 13.7 Å². The zero-order chi connectivity index (χ0) is 64.7. The summed E-state index contributed by atoms with van der Waals surface area (Å²) in [5.41, 5.74) is 25.9. The second-order valence-corrected chi connectivity index (χ2v) is 30.2. The van der Waals surface area contributed by atoms with Crippen LogP contribution in [0, 0.1) is 0 Å². The van der Waals surface area contributed by atoms with Gasteiger partial charge in [-0.25, -0.2) is 0 Å². The van der Waals surface area contributed by atoms with Crippen molar-refractivity contribution in [2.24, 2.45) is 0 Å². The van der Waals surface area contributed by atoms with Gasteiger partial charge in [0.05, 0.1) is 33.1 Å². The maximum absolute atomic E-state index is 2.47. The van der Waals surface area contributed by atoms with Gasteiger partial charge in [0.1, 0.15) is 0 Å². The number of benzene rings is 13. The fraction of sp³-hybridized carbons (Fsp3) is 0.187. The number of hydrogen-bond donors (Lipinski definition) is 0. The lowest BCUT2D eigenvalue weighted by Crippen LogP contribution is -2.15. The Hall–Kier alpha value is -10.2. The van der Waals surface area contributed by atoms with E-state index in [9.17, 15) is 0 Å². The molecule has 0 radical (unpaired) electrons. The molecule has 0 aliphatic carbocycles. The molecule has 0 spiro atoms. The Morgan fingerprint density at radius 2 is 0.479 bits per heavy atom. The molecule has 0 amide bonds. The van der Waals surface area contributed by atoms with Crippen LogP contribution in [0.3, 0.4) is 0 Å². The van der Waals surface area contributed by atoms with Crippen molar-refractivity contribution in [3.8, 4) is 61.6 Å². The third-order valence-electron chi connectivity index (χ3n) is 20.9. The minimum Gasteiger partial charge on any atom is -0.309 e. The Morgan fingerprint density at radius 3 is 0.798 bits per heavy atom. The predicted octanol–water partition coefficient (Wildman–Crippen LogP) is 25.5. The molecule has 460 valence electrons. The van der Waals surface area contributed by atoms with Crippen LogP contribution in [-0.2, 0) is 21.7 Å². The highest BCUT2D eigenvalue weighted by atomic mass is 15.0. The lowest BCUT2D eigenvalue weighted by Gasteiger charge is -2.23. The summed E-state index contributed by atoms with van der Waals surface area (Å²) in [5.74, 6) is 0. The quantitative estimate of drug-likeness (QED) is 0.128. The minimum absolute atomic E-state index is 0.0296. The molecular formula is C91H81N3. The molecule has 0 fully saturated rings. The standard InChI is InChI=1S/C91H81N3/c1-13-91(11,12)66-38-50-85-79(56-66)78-55-65(90(8,9)10)37-49-84(78)94(85)68-41-29-58(30-42-68)62-34-46-81-75(52-62)74-51-61(57-27-39-67(40-28-57)93-82-47-35-63(88(2,3)4)53-76(82)77-54-64(89(5,6)7)36-48-83(77)93)33-45-80(74)92(81)69-43-31-60(32-44-69)87-72-25-19-17-23-70(72)86(59-21-15-14-16-22-59)71-24-18-20-26-73(71)87/h14-56H,13H2,1-12H3. The van der Waals surface area contributed by atoms with E-state index in [1.54, 1.807) is 0 Å². The van der Waals surface area contributed by atoms with Crippen molar-refractivity contribution in [2.75, 3.05) is 0 Å². The first-order valence-corrected chi connectivity index (χ1v) is 33.8. The Balaban J connectivity index is 0.829. The van der Waals surface area contributed by atoms with Crippen LogP contribution in [0.4, 0.5) is 0 Å². The zero-order valence-corrected chi connectivity index (χ0v) is 56.4. The van der Waals surface area contributed by atoms with Crippen molar-refractivity contribution >= 4 is 87.0 Å². The highest BCUT2D eigenvalue weighted by molar-refractivity contribution is 6.22. The molecule has 13 aromatic carbocycles. The van der Waals surface area contributed by atoms with Gasteiger partial charge in [0.25, 0.3) is 0 Å². The first-order chi connectivity index (χ1) is 45.2. The van der Waals surface area contributed by atoms with Gasteiger partial charge in [-0.15, -0.1) is 0 Å². The van der Waals surface area contributed by atoms with Crippen LogP contribution in [0.5, 0.6) is 0 Å². The molecular weight excluding hydrogens is 1140 g/mol. The summed E-state index contributed by atoms with van der Waals surface area (Å²) >= 11 is 0. The van der Waals surface area contributed by atoms with E-state index in [1.807, 2.05) is 0 Å². The normalized spacial score (nSPS) is 12.7. The molecule has 16 rings (SSSR count). The van der Waals surface area contributed by atoms with Crippen molar-refractivity contribution in [1.29, 1.82) is 0 Å². The molecule has 0 atom stereocenters. The summed E-state index contributed by atoms with van der Waals surface area (Å²) in [4.78, 5) is 0. The van der Waals surface area contributed by atoms with E-state index in [1.165, 1.54) is 154 Å². The fourth-order valence-corrected chi connectivity index (χ4v) is 15.0. The Morgan fingerprint density at radius 1 is 0.223 bits per heavy atom. The SMILES string of the molecule is CCC(C)(C)c1ccc2c(c1)c1cc(C(C)(C)C)ccc1n2-c1ccc(-c2ccc3c(c2)c2cc(-c4ccc(-n5c6ccc(C(C)(C)C)cc6c6cc(C(C)(C)C)ccc65)cc4)ccc2n3-c2ccc(-c3c4ccccc4c(-c4ccccc4)c4ccccc34)cc2)cc1. The molecule has 16 aromatic rings. The number of fused-ring (bicyclic) bond motifs is 11. The van der Waals surface area contributed by atoms with Crippen molar-refractivity contribution in [1.82, 2.24) is 13.7 Å². The highest BCUT2D eigenvalue weighted by Crippen LogP contribution is 2.46. The van der Waals surface area contributed by atoms with Crippen molar-refractivity contribution in [3.63, 3.8) is 0 Å². The molecule has 0 aliphatic heterocycles. The van der Waals surface area contributed by atoms with E-state index in [2.05, 4.69) is 358 Å². The molecule has 0 saturated heterocycles. The minimum atomic E-state index is 0.0296. The van der Waals surface area contributed by atoms with Crippen LogP contribution >= 0.6 is 0 Å². The van der Waals surface area contributed by atoms with Crippen LogP contribution in [0.1, 0.15) is 112 Å². The van der Waals surface area contributed by atoms with Gasteiger partial charge in [0, 0.05) is 49.4 Å². The summed E-state index contributed by atoms with van der Waals surface area (Å²) in [6, 6.07) is 99.3. The topological polar surface area (TPSA) is 14.8 Å². The Kier molecular flexibility index (Phi) is 13.6.